The monoisotopic (exact) mass is 416 g/mol. The summed E-state index contributed by atoms with van der Waals surface area (Å²) in [5.41, 5.74) is 5.82. The van der Waals surface area contributed by atoms with Crippen LogP contribution in [-0.4, -0.2) is 47.8 Å². The number of amides is 2. The van der Waals surface area contributed by atoms with Crippen LogP contribution in [0.15, 0.2) is 42.5 Å². The first-order chi connectivity index (χ1) is 15.2. The van der Waals surface area contributed by atoms with Gasteiger partial charge in [0.15, 0.2) is 0 Å². The number of carbonyl (C=O) groups is 2. The molecule has 162 valence electrons. The van der Waals surface area contributed by atoms with E-state index in [4.69, 9.17) is 0 Å². The van der Waals surface area contributed by atoms with E-state index in [0.717, 1.165) is 32.5 Å². The second-order valence-corrected chi connectivity index (χ2v) is 9.37. The number of hydrogen-bond acceptors (Lipinski definition) is 3. The van der Waals surface area contributed by atoms with E-state index < -0.39 is 0 Å². The molecular formula is C27H32N2O2. The van der Waals surface area contributed by atoms with E-state index >= 15 is 0 Å². The minimum Gasteiger partial charge on any atom is -0.303 e. The number of fused-ring (bicyclic) bond motifs is 2. The van der Waals surface area contributed by atoms with E-state index in [1.165, 1.54) is 43.4 Å². The van der Waals surface area contributed by atoms with Gasteiger partial charge in [0.05, 0.1) is 11.1 Å². The summed E-state index contributed by atoms with van der Waals surface area (Å²) in [6.07, 6.45) is 9.57. The summed E-state index contributed by atoms with van der Waals surface area (Å²) in [4.78, 5) is 28.9. The molecule has 0 saturated carbocycles. The Kier molecular flexibility index (Phi) is 5.91. The van der Waals surface area contributed by atoms with Gasteiger partial charge in [-0.25, -0.2) is 0 Å². The van der Waals surface area contributed by atoms with E-state index in [9.17, 15) is 9.59 Å². The normalized spacial score (nSPS) is 19.5. The van der Waals surface area contributed by atoms with Crippen molar-refractivity contribution in [2.45, 2.75) is 57.3 Å². The van der Waals surface area contributed by atoms with Crippen molar-refractivity contribution >= 4 is 11.8 Å². The Bertz CT molecular complexity index is 940. The van der Waals surface area contributed by atoms with E-state index in [0.29, 0.717) is 23.6 Å². The summed E-state index contributed by atoms with van der Waals surface area (Å²) in [6, 6.07) is 14.4. The molecule has 2 heterocycles. The number of hydrogen-bond donors (Lipinski definition) is 0. The molecule has 3 aliphatic rings. The average Bonchev–Trinajstić information content (AvgIpc) is 3.07. The maximum absolute atomic E-state index is 12.5. The Morgan fingerprint density at radius 1 is 0.774 bits per heavy atom. The van der Waals surface area contributed by atoms with Crippen LogP contribution >= 0.6 is 0 Å². The number of piperidine rings is 1. The van der Waals surface area contributed by atoms with Crippen LogP contribution in [0, 0.1) is 0 Å². The summed E-state index contributed by atoms with van der Waals surface area (Å²) in [5, 5.41) is 0. The Morgan fingerprint density at radius 3 is 2.13 bits per heavy atom. The molecule has 1 saturated heterocycles. The van der Waals surface area contributed by atoms with Gasteiger partial charge in [-0.2, -0.15) is 0 Å². The standard InChI is InChI=1S/C27H32N2O2/c30-26-24-9-3-4-10-25(24)27(31)29(26)16-6-5-15-28-17-13-21(14-18-28)23-12-11-20-7-1-2-8-22(20)19-23/h3-4,9-12,19,21H,1-2,5-8,13-18H2. The summed E-state index contributed by atoms with van der Waals surface area (Å²) < 4.78 is 0. The average molecular weight is 417 g/mol. The fourth-order valence-electron chi connectivity index (χ4n) is 5.54. The van der Waals surface area contributed by atoms with Gasteiger partial charge in [0.2, 0.25) is 0 Å². The molecule has 4 heteroatoms. The molecule has 5 rings (SSSR count). The van der Waals surface area contributed by atoms with Crippen molar-refractivity contribution in [3.63, 3.8) is 0 Å². The zero-order chi connectivity index (χ0) is 21.2. The van der Waals surface area contributed by atoms with E-state index in [1.54, 1.807) is 28.8 Å². The predicted molar refractivity (Wildman–Crippen MR) is 123 cm³/mol. The van der Waals surface area contributed by atoms with Crippen LogP contribution in [0.4, 0.5) is 0 Å². The highest BCUT2D eigenvalue weighted by molar-refractivity contribution is 6.21. The second-order valence-electron chi connectivity index (χ2n) is 9.37. The first kappa shape index (κ1) is 20.4. The summed E-state index contributed by atoms with van der Waals surface area (Å²) in [5.74, 6) is 0.430. The molecule has 0 spiro atoms. The number of likely N-dealkylation sites (tertiary alicyclic amines) is 1. The molecule has 2 aromatic carbocycles. The van der Waals surface area contributed by atoms with Crippen molar-refractivity contribution < 1.29 is 9.59 Å². The van der Waals surface area contributed by atoms with Crippen LogP contribution in [-0.2, 0) is 12.8 Å². The van der Waals surface area contributed by atoms with Crippen molar-refractivity contribution in [2.75, 3.05) is 26.2 Å². The molecule has 1 aliphatic carbocycles. The van der Waals surface area contributed by atoms with Gasteiger partial charge in [0.1, 0.15) is 0 Å². The lowest BCUT2D eigenvalue weighted by atomic mass is 9.84. The van der Waals surface area contributed by atoms with Crippen molar-refractivity contribution in [2.24, 2.45) is 0 Å². The number of imide groups is 1. The molecule has 0 N–H and O–H groups in total. The topological polar surface area (TPSA) is 40.6 Å². The van der Waals surface area contributed by atoms with Gasteiger partial charge in [0.25, 0.3) is 11.8 Å². The lowest BCUT2D eigenvalue weighted by Crippen LogP contribution is -2.35. The zero-order valence-corrected chi connectivity index (χ0v) is 18.3. The largest absolute Gasteiger partial charge is 0.303 e. The molecule has 2 aromatic rings. The molecule has 1 fully saturated rings. The summed E-state index contributed by atoms with van der Waals surface area (Å²) in [6.45, 7) is 3.88. The van der Waals surface area contributed by atoms with Crippen LogP contribution in [0.2, 0.25) is 0 Å². The Balaban J connectivity index is 1.06. The maximum atomic E-state index is 12.5. The van der Waals surface area contributed by atoms with Crippen LogP contribution in [0.1, 0.15) is 81.8 Å². The van der Waals surface area contributed by atoms with Gasteiger partial charge >= 0.3 is 0 Å². The fourth-order valence-corrected chi connectivity index (χ4v) is 5.54. The maximum Gasteiger partial charge on any atom is 0.261 e. The third-order valence-corrected chi connectivity index (χ3v) is 7.42. The Labute approximate surface area is 185 Å². The number of benzene rings is 2. The van der Waals surface area contributed by atoms with Crippen molar-refractivity contribution in [1.82, 2.24) is 9.80 Å². The van der Waals surface area contributed by atoms with Crippen molar-refractivity contribution in [3.05, 3.63) is 70.3 Å². The third kappa shape index (κ3) is 4.18. The van der Waals surface area contributed by atoms with Gasteiger partial charge < -0.3 is 4.90 Å². The summed E-state index contributed by atoms with van der Waals surface area (Å²) >= 11 is 0. The zero-order valence-electron chi connectivity index (χ0n) is 18.3. The highest BCUT2D eigenvalue weighted by Gasteiger charge is 2.34. The number of nitrogens with zero attached hydrogens (tertiary/aromatic N) is 2. The van der Waals surface area contributed by atoms with Crippen LogP contribution in [0.3, 0.4) is 0 Å². The molecule has 2 amide bonds. The summed E-state index contributed by atoms with van der Waals surface area (Å²) in [7, 11) is 0. The molecule has 31 heavy (non-hydrogen) atoms. The van der Waals surface area contributed by atoms with Crippen LogP contribution in [0.5, 0.6) is 0 Å². The molecular weight excluding hydrogens is 384 g/mol. The Hall–Kier alpha value is -2.46. The lowest BCUT2D eigenvalue weighted by Gasteiger charge is -2.32. The number of unbranched alkanes of at least 4 members (excludes halogenated alkanes) is 1. The number of rotatable bonds is 6. The molecule has 0 unspecified atom stereocenters. The van der Waals surface area contributed by atoms with Crippen LogP contribution in [0.25, 0.3) is 0 Å². The fraction of sp³-hybridized carbons (Fsp3) is 0.481. The van der Waals surface area contributed by atoms with Gasteiger partial charge in [-0.3, -0.25) is 14.5 Å². The molecule has 0 radical (unpaired) electrons. The minimum absolute atomic E-state index is 0.133. The highest BCUT2D eigenvalue weighted by atomic mass is 16.2. The lowest BCUT2D eigenvalue weighted by molar-refractivity contribution is 0.0649. The van der Waals surface area contributed by atoms with Crippen molar-refractivity contribution in [3.8, 4) is 0 Å². The smallest absolute Gasteiger partial charge is 0.261 e. The second kappa shape index (κ2) is 8.96. The first-order valence-electron chi connectivity index (χ1n) is 12.0. The predicted octanol–water partition coefficient (Wildman–Crippen LogP) is 4.82. The van der Waals surface area contributed by atoms with Gasteiger partial charge in [-0.15, -0.1) is 0 Å². The van der Waals surface area contributed by atoms with Gasteiger partial charge in [-0.05, 0) is 106 Å². The number of carbonyl (C=O) groups excluding carboxylic acids is 2. The quantitative estimate of drug-likeness (QED) is 0.501. The molecule has 4 nitrogen and oxygen atoms in total. The minimum atomic E-state index is -0.133. The molecule has 0 bridgehead atoms. The van der Waals surface area contributed by atoms with Gasteiger partial charge in [-0.1, -0.05) is 30.3 Å². The first-order valence-corrected chi connectivity index (χ1v) is 12.0. The van der Waals surface area contributed by atoms with E-state index in [2.05, 4.69) is 23.1 Å². The molecule has 0 aromatic heterocycles. The van der Waals surface area contributed by atoms with E-state index in [1.807, 2.05) is 12.1 Å². The van der Waals surface area contributed by atoms with Gasteiger partial charge in [0, 0.05) is 6.54 Å². The SMILES string of the molecule is O=C1c2ccccc2C(=O)N1CCCCN1CCC(c2ccc3c(c2)CCCC3)CC1. The van der Waals surface area contributed by atoms with Crippen molar-refractivity contribution in [1.29, 1.82) is 0 Å². The molecule has 2 aliphatic heterocycles. The van der Waals surface area contributed by atoms with E-state index in [-0.39, 0.29) is 11.8 Å². The third-order valence-electron chi connectivity index (χ3n) is 7.42. The Morgan fingerprint density at radius 2 is 1.42 bits per heavy atom. The molecule has 0 atom stereocenters. The van der Waals surface area contributed by atoms with Crippen LogP contribution < -0.4 is 0 Å². The highest BCUT2D eigenvalue weighted by Crippen LogP contribution is 2.31. The number of aryl methyl sites for hydroxylation is 2.